The van der Waals surface area contributed by atoms with Crippen LogP contribution in [0.1, 0.15) is 0 Å². The van der Waals surface area contributed by atoms with E-state index in [2.05, 4.69) is 11.3 Å². The molecule has 0 heterocycles. The van der Waals surface area contributed by atoms with Crippen LogP contribution in [-0.2, 0) is 14.1 Å². The normalized spacial score (nSPS) is 9.54. The van der Waals surface area contributed by atoms with E-state index in [9.17, 15) is 4.79 Å². The summed E-state index contributed by atoms with van der Waals surface area (Å²) in [5.41, 5.74) is 5.02. The first kappa shape index (κ1) is 14.8. The second-order valence-corrected chi connectivity index (χ2v) is 2.70. The molecule has 0 saturated carbocycles. The van der Waals surface area contributed by atoms with Crippen LogP contribution in [0.2, 0.25) is 0 Å². The molecule has 0 saturated heterocycles. The fraction of sp³-hybridized carbons (Fsp3) is 0.400. The van der Waals surface area contributed by atoms with Crippen LogP contribution in [-0.4, -0.2) is 33.8 Å². The van der Waals surface area contributed by atoms with Crippen molar-refractivity contribution in [1.82, 2.24) is 0 Å². The summed E-state index contributed by atoms with van der Waals surface area (Å²) < 4.78 is 13.3. The molecule has 0 aromatic carbocycles. The summed E-state index contributed by atoms with van der Waals surface area (Å²) >= 11 is 0. The van der Waals surface area contributed by atoms with Crippen molar-refractivity contribution in [2.45, 2.75) is 0 Å². The summed E-state index contributed by atoms with van der Waals surface area (Å²) in [6, 6.07) is 0. The van der Waals surface area contributed by atoms with Crippen LogP contribution in [0.4, 0.5) is 0 Å². The van der Waals surface area contributed by atoms with E-state index < -0.39 is 13.8 Å². The molecule has 0 fully saturated rings. The van der Waals surface area contributed by atoms with E-state index in [-0.39, 0.29) is 6.61 Å². The number of phosphoric acid groups is 1. The summed E-state index contributed by atoms with van der Waals surface area (Å²) in [4.78, 5) is 31.7. The molecular formula is C5H12NO6P. The molecule has 0 aliphatic carbocycles. The van der Waals surface area contributed by atoms with Crippen molar-refractivity contribution in [2.75, 3.05) is 13.2 Å². The van der Waals surface area contributed by atoms with Gasteiger partial charge in [0.2, 0.25) is 0 Å². The maximum absolute atomic E-state index is 10.2. The van der Waals surface area contributed by atoms with Crippen molar-refractivity contribution < 1.29 is 28.8 Å². The molecule has 0 bridgehead atoms. The third-order valence-corrected chi connectivity index (χ3v) is 0.529. The molecule has 78 valence electrons. The number of rotatable bonds is 3. The van der Waals surface area contributed by atoms with Crippen molar-refractivity contribution in [3.05, 3.63) is 12.7 Å². The van der Waals surface area contributed by atoms with Crippen molar-refractivity contribution >= 4 is 13.8 Å². The largest absolute Gasteiger partial charge is 0.466 e. The summed E-state index contributed by atoms with van der Waals surface area (Å²) in [7, 11) is -4.64. The van der Waals surface area contributed by atoms with Crippen molar-refractivity contribution in [3.63, 3.8) is 0 Å². The number of hydrogen-bond acceptors (Lipinski definition) is 4. The van der Waals surface area contributed by atoms with Crippen LogP contribution in [0.15, 0.2) is 12.7 Å². The van der Waals surface area contributed by atoms with E-state index in [1.165, 1.54) is 0 Å². The van der Waals surface area contributed by atoms with Gasteiger partial charge in [0.05, 0.1) is 0 Å². The van der Waals surface area contributed by atoms with Crippen LogP contribution >= 0.6 is 7.82 Å². The Balaban J connectivity index is 0. The molecule has 13 heavy (non-hydrogen) atoms. The van der Waals surface area contributed by atoms with Gasteiger partial charge in [-0.2, -0.15) is 0 Å². The number of esters is 1. The average molecular weight is 213 g/mol. The van der Waals surface area contributed by atoms with Gasteiger partial charge in [0, 0.05) is 12.6 Å². The Morgan fingerprint density at radius 2 is 1.92 bits per heavy atom. The van der Waals surface area contributed by atoms with E-state index in [1.54, 1.807) is 0 Å². The van der Waals surface area contributed by atoms with Gasteiger partial charge in [-0.15, -0.1) is 0 Å². The van der Waals surface area contributed by atoms with Gasteiger partial charge in [-0.05, 0) is 0 Å². The summed E-state index contributed by atoms with van der Waals surface area (Å²) in [5, 5.41) is 0. The number of ether oxygens (including phenoxy) is 1. The Bertz CT molecular complexity index is 191. The van der Waals surface area contributed by atoms with Gasteiger partial charge < -0.3 is 25.2 Å². The summed E-state index contributed by atoms with van der Waals surface area (Å²) in [6.45, 7) is 3.83. The first-order valence-electron chi connectivity index (χ1n) is 3.08. The van der Waals surface area contributed by atoms with Gasteiger partial charge >= 0.3 is 13.8 Å². The van der Waals surface area contributed by atoms with E-state index in [4.69, 9.17) is 25.0 Å². The molecule has 0 atom stereocenters. The predicted molar refractivity (Wildman–Crippen MR) is 44.5 cm³/mol. The highest BCUT2D eigenvalue weighted by atomic mass is 31.2. The number of nitrogens with two attached hydrogens (primary N) is 1. The lowest BCUT2D eigenvalue weighted by molar-refractivity contribution is -0.137. The predicted octanol–water partition coefficient (Wildman–Crippen LogP) is -1.25. The second kappa shape index (κ2) is 7.90. The van der Waals surface area contributed by atoms with Crippen molar-refractivity contribution in [3.8, 4) is 0 Å². The summed E-state index contributed by atoms with van der Waals surface area (Å²) in [6.07, 6.45) is 1.11. The molecular weight excluding hydrogens is 201 g/mol. The Kier molecular flexibility index (Phi) is 8.99. The minimum absolute atomic E-state index is 0.269. The van der Waals surface area contributed by atoms with Gasteiger partial charge in [-0.25, -0.2) is 9.36 Å². The second-order valence-electron chi connectivity index (χ2n) is 1.67. The molecule has 0 aromatic heterocycles. The molecule has 0 aliphatic rings. The lowest BCUT2D eigenvalue weighted by atomic mass is 10.6. The van der Waals surface area contributed by atoms with Crippen molar-refractivity contribution in [1.29, 1.82) is 0 Å². The third kappa shape index (κ3) is 34.8. The molecule has 0 unspecified atom stereocenters. The van der Waals surface area contributed by atoms with Crippen LogP contribution < -0.4 is 5.73 Å². The molecule has 0 radical (unpaired) electrons. The third-order valence-electron chi connectivity index (χ3n) is 0.529. The molecule has 0 amide bonds. The smallest absolute Gasteiger partial charge is 0.461 e. The highest BCUT2D eigenvalue weighted by Crippen LogP contribution is 2.25. The minimum atomic E-state index is -4.64. The zero-order chi connectivity index (χ0) is 10.9. The quantitative estimate of drug-likeness (QED) is 0.261. The number of carbonyl (C=O) groups is 1. The highest BCUT2D eigenvalue weighted by Gasteiger charge is 2.00. The standard InChI is InChI=1S/C5H9NO2.H3O4P/c1-2-5(7)8-4-3-6;1-5(2,3)4/h2H,1,3-4,6H2;(H3,1,2,3,4). The van der Waals surface area contributed by atoms with E-state index >= 15 is 0 Å². The van der Waals surface area contributed by atoms with Gasteiger partial charge in [-0.1, -0.05) is 6.58 Å². The van der Waals surface area contributed by atoms with Crippen LogP contribution in [0.25, 0.3) is 0 Å². The lowest BCUT2D eigenvalue weighted by Gasteiger charge is -1.94. The fourth-order valence-electron chi connectivity index (χ4n) is 0.218. The molecule has 8 heteroatoms. The zero-order valence-electron chi connectivity index (χ0n) is 6.79. The molecule has 7 nitrogen and oxygen atoms in total. The minimum Gasteiger partial charge on any atom is -0.461 e. The van der Waals surface area contributed by atoms with E-state index in [0.29, 0.717) is 6.54 Å². The first-order chi connectivity index (χ1) is 5.81. The molecule has 5 N–H and O–H groups in total. The van der Waals surface area contributed by atoms with Gasteiger partial charge in [-0.3, -0.25) is 0 Å². The Labute approximate surface area is 75.1 Å². The van der Waals surface area contributed by atoms with Gasteiger partial charge in [0.15, 0.2) is 0 Å². The maximum atomic E-state index is 10.2. The average Bonchev–Trinajstić information content (AvgIpc) is 1.97. The Morgan fingerprint density at radius 3 is 2.15 bits per heavy atom. The molecule has 0 rings (SSSR count). The van der Waals surface area contributed by atoms with Gasteiger partial charge in [0.25, 0.3) is 0 Å². The van der Waals surface area contributed by atoms with Crippen LogP contribution in [0.3, 0.4) is 0 Å². The van der Waals surface area contributed by atoms with Crippen molar-refractivity contribution in [2.24, 2.45) is 5.73 Å². The van der Waals surface area contributed by atoms with Crippen LogP contribution in [0, 0.1) is 0 Å². The lowest BCUT2D eigenvalue weighted by Crippen LogP contribution is -2.11. The van der Waals surface area contributed by atoms with E-state index in [1.807, 2.05) is 0 Å². The van der Waals surface area contributed by atoms with E-state index in [0.717, 1.165) is 6.08 Å². The Hall–Kier alpha value is -0.720. The Morgan fingerprint density at radius 1 is 1.54 bits per heavy atom. The first-order valence-corrected chi connectivity index (χ1v) is 4.65. The number of hydrogen-bond donors (Lipinski definition) is 4. The van der Waals surface area contributed by atoms with Gasteiger partial charge in [0.1, 0.15) is 6.61 Å². The SMILES string of the molecule is C=CC(=O)OCCN.O=P(O)(O)O. The monoisotopic (exact) mass is 213 g/mol. The topological polar surface area (TPSA) is 130 Å². The highest BCUT2D eigenvalue weighted by molar-refractivity contribution is 7.45. The molecule has 0 spiro atoms. The molecule has 0 aromatic rings. The zero-order valence-corrected chi connectivity index (χ0v) is 7.68. The van der Waals surface area contributed by atoms with Crippen LogP contribution in [0.5, 0.6) is 0 Å². The number of carbonyl (C=O) groups excluding carboxylic acids is 1. The maximum Gasteiger partial charge on any atom is 0.466 e. The molecule has 0 aliphatic heterocycles. The fourth-order valence-corrected chi connectivity index (χ4v) is 0.218. The summed E-state index contributed by atoms with van der Waals surface area (Å²) in [5.74, 6) is -0.421.